The summed E-state index contributed by atoms with van der Waals surface area (Å²) in [6.07, 6.45) is 11.6. The first-order valence-corrected chi connectivity index (χ1v) is 7.50. The van der Waals surface area contributed by atoms with Gasteiger partial charge in [-0.05, 0) is 25.7 Å². The molecule has 0 heterocycles. The zero-order chi connectivity index (χ0) is 13.5. The normalized spacial score (nSPS) is 21.7. The standard InChI is InChI=1S/C14H24N2O3/c17-11-19-15-14(18)16(12-7-3-1-4-8-12)13-9-5-2-6-10-13/h11-13H,1-10H2,(H,15,18). The first-order valence-electron chi connectivity index (χ1n) is 7.50. The van der Waals surface area contributed by atoms with Gasteiger partial charge in [-0.15, -0.1) is 0 Å². The van der Waals surface area contributed by atoms with Crippen LogP contribution in [-0.2, 0) is 9.63 Å². The summed E-state index contributed by atoms with van der Waals surface area (Å²) in [4.78, 5) is 28.9. The minimum atomic E-state index is -0.245. The Morgan fingerprint density at radius 2 is 1.42 bits per heavy atom. The molecule has 0 radical (unpaired) electrons. The maximum absolute atomic E-state index is 12.2. The summed E-state index contributed by atoms with van der Waals surface area (Å²) in [6, 6.07) is 0.380. The number of carbonyl (C=O) groups is 2. The molecule has 0 bridgehead atoms. The molecule has 0 aromatic heterocycles. The van der Waals surface area contributed by atoms with Crippen molar-refractivity contribution in [3.05, 3.63) is 0 Å². The Bertz CT molecular complexity index is 279. The van der Waals surface area contributed by atoms with E-state index in [9.17, 15) is 9.59 Å². The Morgan fingerprint density at radius 3 is 1.84 bits per heavy atom. The number of hydrogen-bond donors (Lipinski definition) is 1. The minimum Gasteiger partial charge on any atom is -0.343 e. The summed E-state index contributed by atoms with van der Waals surface area (Å²) in [5, 5.41) is 0. The summed E-state index contributed by atoms with van der Waals surface area (Å²) < 4.78 is 0. The van der Waals surface area contributed by atoms with E-state index in [0.717, 1.165) is 25.7 Å². The first-order chi connectivity index (χ1) is 9.33. The van der Waals surface area contributed by atoms with Crippen molar-refractivity contribution in [1.82, 2.24) is 10.4 Å². The fourth-order valence-electron chi connectivity index (χ4n) is 3.48. The van der Waals surface area contributed by atoms with E-state index in [-0.39, 0.29) is 12.5 Å². The second kappa shape index (κ2) is 7.36. The number of hydrogen-bond acceptors (Lipinski definition) is 3. The molecule has 19 heavy (non-hydrogen) atoms. The Kier molecular flexibility index (Phi) is 5.48. The second-order valence-corrected chi connectivity index (χ2v) is 5.61. The molecule has 5 nitrogen and oxygen atoms in total. The fourth-order valence-corrected chi connectivity index (χ4v) is 3.48. The van der Waals surface area contributed by atoms with E-state index < -0.39 is 0 Å². The lowest BCUT2D eigenvalue weighted by Gasteiger charge is -2.41. The average molecular weight is 268 g/mol. The molecule has 2 rings (SSSR count). The van der Waals surface area contributed by atoms with Crippen LogP contribution in [0.1, 0.15) is 64.2 Å². The number of nitrogens with one attached hydrogen (secondary N) is 1. The second-order valence-electron chi connectivity index (χ2n) is 5.61. The van der Waals surface area contributed by atoms with Gasteiger partial charge in [-0.1, -0.05) is 38.5 Å². The van der Waals surface area contributed by atoms with Gasteiger partial charge in [0.2, 0.25) is 0 Å². The number of hydroxylamine groups is 1. The molecule has 0 aromatic rings. The quantitative estimate of drug-likeness (QED) is 0.630. The molecule has 2 aliphatic rings. The summed E-state index contributed by atoms with van der Waals surface area (Å²) in [5.74, 6) is 0. The van der Waals surface area contributed by atoms with E-state index in [2.05, 4.69) is 10.3 Å². The molecule has 0 aromatic carbocycles. The fraction of sp³-hybridized carbons (Fsp3) is 0.857. The van der Waals surface area contributed by atoms with Crippen LogP contribution in [0.4, 0.5) is 4.79 Å². The lowest BCUT2D eigenvalue weighted by molar-refractivity contribution is -0.133. The molecule has 0 spiro atoms. The van der Waals surface area contributed by atoms with Crippen molar-refractivity contribution in [2.75, 3.05) is 0 Å². The summed E-state index contributed by atoms with van der Waals surface area (Å²) in [6.45, 7) is 0.262. The number of carbonyl (C=O) groups excluding carboxylic acids is 2. The van der Waals surface area contributed by atoms with Crippen LogP contribution in [0.25, 0.3) is 0 Å². The van der Waals surface area contributed by atoms with Crippen molar-refractivity contribution in [2.24, 2.45) is 0 Å². The van der Waals surface area contributed by atoms with Crippen molar-refractivity contribution >= 4 is 12.5 Å². The zero-order valence-electron chi connectivity index (χ0n) is 11.5. The van der Waals surface area contributed by atoms with Gasteiger partial charge in [0.05, 0.1) is 0 Å². The van der Waals surface area contributed by atoms with Crippen LogP contribution in [-0.4, -0.2) is 29.5 Å². The highest BCUT2D eigenvalue weighted by Gasteiger charge is 2.32. The lowest BCUT2D eigenvalue weighted by atomic mass is 9.89. The maximum atomic E-state index is 12.2. The maximum Gasteiger partial charge on any atom is 0.351 e. The smallest absolute Gasteiger partial charge is 0.343 e. The van der Waals surface area contributed by atoms with Gasteiger partial charge in [-0.2, -0.15) is 5.48 Å². The molecule has 0 saturated heterocycles. The van der Waals surface area contributed by atoms with E-state index in [1.807, 2.05) is 4.90 Å². The molecule has 5 heteroatoms. The SMILES string of the molecule is O=CONC(=O)N(C1CCCCC1)C1CCCCC1. The molecule has 108 valence electrons. The van der Waals surface area contributed by atoms with Crippen LogP contribution in [0, 0.1) is 0 Å². The van der Waals surface area contributed by atoms with Crippen molar-refractivity contribution in [3.63, 3.8) is 0 Å². The minimum absolute atomic E-state index is 0.245. The third kappa shape index (κ3) is 3.85. The van der Waals surface area contributed by atoms with E-state index in [1.54, 1.807) is 0 Å². The van der Waals surface area contributed by atoms with E-state index in [4.69, 9.17) is 0 Å². The van der Waals surface area contributed by atoms with Crippen LogP contribution in [0.15, 0.2) is 0 Å². The van der Waals surface area contributed by atoms with E-state index in [1.165, 1.54) is 38.5 Å². The highest BCUT2D eigenvalue weighted by atomic mass is 16.7. The predicted molar refractivity (Wildman–Crippen MR) is 71.3 cm³/mol. The van der Waals surface area contributed by atoms with Gasteiger partial charge in [0.15, 0.2) is 0 Å². The van der Waals surface area contributed by atoms with Crippen molar-refractivity contribution in [2.45, 2.75) is 76.3 Å². The van der Waals surface area contributed by atoms with Gasteiger partial charge >= 0.3 is 12.5 Å². The van der Waals surface area contributed by atoms with Crippen molar-refractivity contribution < 1.29 is 14.4 Å². The zero-order valence-corrected chi connectivity index (χ0v) is 11.5. The van der Waals surface area contributed by atoms with Crippen molar-refractivity contribution in [3.8, 4) is 0 Å². The van der Waals surface area contributed by atoms with Crippen LogP contribution in [0.2, 0.25) is 0 Å². The molecule has 0 aliphatic heterocycles. The molecular weight excluding hydrogens is 244 g/mol. The van der Waals surface area contributed by atoms with Crippen molar-refractivity contribution in [1.29, 1.82) is 0 Å². The number of rotatable bonds is 4. The molecule has 0 atom stereocenters. The average Bonchev–Trinajstić information content (AvgIpc) is 2.47. The highest BCUT2D eigenvalue weighted by Crippen LogP contribution is 2.30. The van der Waals surface area contributed by atoms with Gasteiger partial charge in [0.25, 0.3) is 0 Å². The molecular formula is C14H24N2O3. The van der Waals surface area contributed by atoms with Gasteiger partial charge in [-0.25, -0.2) is 4.79 Å². The van der Waals surface area contributed by atoms with Gasteiger partial charge in [0.1, 0.15) is 0 Å². The van der Waals surface area contributed by atoms with Crippen LogP contribution < -0.4 is 5.48 Å². The van der Waals surface area contributed by atoms with Gasteiger partial charge in [0, 0.05) is 12.1 Å². The number of nitrogens with zero attached hydrogens (tertiary/aromatic N) is 1. The third-order valence-corrected chi connectivity index (χ3v) is 4.37. The number of amides is 2. The van der Waals surface area contributed by atoms with Gasteiger partial charge < -0.3 is 9.74 Å². The monoisotopic (exact) mass is 268 g/mol. The Balaban J connectivity index is 2.01. The largest absolute Gasteiger partial charge is 0.351 e. The summed E-state index contributed by atoms with van der Waals surface area (Å²) in [5.41, 5.74) is 2.25. The Hall–Kier alpha value is -1.26. The molecule has 1 N–H and O–H groups in total. The molecule has 2 aliphatic carbocycles. The van der Waals surface area contributed by atoms with Crippen LogP contribution in [0.3, 0.4) is 0 Å². The summed E-state index contributed by atoms with van der Waals surface area (Å²) >= 11 is 0. The Labute approximate surface area is 114 Å². The van der Waals surface area contributed by atoms with Gasteiger partial charge in [-0.3, -0.25) is 4.79 Å². The van der Waals surface area contributed by atoms with E-state index >= 15 is 0 Å². The van der Waals surface area contributed by atoms with E-state index in [0.29, 0.717) is 12.1 Å². The molecule has 2 amide bonds. The number of urea groups is 1. The summed E-state index contributed by atoms with van der Waals surface area (Å²) in [7, 11) is 0. The Morgan fingerprint density at radius 1 is 0.947 bits per heavy atom. The lowest BCUT2D eigenvalue weighted by Crippen LogP contribution is -2.52. The third-order valence-electron chi connectivity index (χ3n) is 4.37. The predicted octanol–water partition coefficient (Wildman–Crippen LogP) is 2.75. The topological polar surface area (TPSA) is 58.6 Å². The molecule has 2 saturated carbocycles. The first kappa shape index (κ1) is 14.2. The molecule has 2 fully saturated rings. The van der Waals surface area contributed by atoms with Crippen LogP contribution >= 0.6 is 0 Å². The van der Waals surface area contributed by atoms with Crippen LogP contribution in [0.5, 0.6) is 0 Å². The highest BCUT2D eigenvalue weighted by molar-refractivity contribution is 5.74. The molecule has 0 unspecified atom stereocenters.